The number of rotatable bonds is 2. The summed E-state index contributed by atoms with van der Waals surface area (Å²) in [7, 11) is 0. The predicted molar refractivity (Wildman–Crippen MR) is 60.6 cm³/mol. The molecule has 1 heterocycles. The van der Waals surface area contributed by atoms with Crippen molar-refractivity contribution in [2.75, 3.05) is 0 Å². The lowest BCUT2D eigenvalue weighted by Crippen LogP contribution is -2.47. The van der Waals surface area contributed by atoms with Crippen molar-refractivity contribution >= 4 is 0 Å². The Morgan fingerprint density at radius 2 is 1.87 bits per heavy atom. The lowest BCUT2D eigenvalue weighted by molar-refractivity contribution is -0.270. The van der Waals surface area contributed by atoms with Gasteiger partial charge < -0.3 is 9.47 Å². The fourth-order valence-electron chi connectivity index (χ4n) is 3.04. The van der Waals surface area contributed by atoms with E-state index in [1.54, 1.807) is 0 Å². The molecule has 0 bridgehead atoms. The molecule has 2 rings (SSSR count). The second kappa shape index (κ2) is 4.84. The summed E-state index contributed by atoms with van der Waals surface area (Å²) in [5.41, 5.74) is 0. The van der Waals surface area contributed by atoms with Crippen LogP contribution in [0.25, 0.3) is 0 Å². The van der Waals surface area contributed by atoms with Crippen LogP contribution in [-0.4, -0.2) is 18.5 Å². The van der Waals surface area contributed by atoms with Gasteiger partial charge in [-0.05, 0) is 32.1 Å². The van der Waals surface area contributed by atoms with E-state index in [4.69, 9.17) is 9.47 Å². The van der Waals surface area contributed by atoms with Gasteiger partial charge >= 0.3 is 0 Å². The number of hydrogen-bond donors (Lipinski definition) is 0. The van der Waals surface area contributed by atoms with Crippen molar-refractivity contribution < 1.29 is 9.47 Å². The summed E-state index contributed by atoms with van der Waals surface area (Å²) in [5.74, 6) is 1.39. The van der Waals surface area contributed by atoms with E-state index in [2.05, 4.69) is 13.8 Å². The highest BCUT2D eigenvalue weighted by Crippen LogP contribution is 2.37. The first kappa shape index (κ1) is 11.4. The van der Waals surface area contributed by atoms with Crippen LogP contribution < -0.4 is 0 Å². The van der Waals surface area contributed by atoms with E-state index in [-0.39, 0.29) is 6.29 Å². The van der Waals surface area contributed by atoms with E-state index in [0.29, 0.717) is 18.1 Å². The highest BCUT2D eigenvalue weighted by molar-refractivity contribution is 4.85. The predicted octanol–water partition coefficient (Wildman–Crippen LogP) is 3.35. The van der Waals surface area contributed by atoms with Gasteiger partial charge in [0, 0.05) is 5.92 Å². The summed E-state index contributed by atoms with van der Waals surface area (Å²) in [6.45, 7) is 6.60. The van der Waals surface area contributed by atoms with Crippen LogP contribution in [0.5, 0.6) is 0 Å². The molecule has 1 saturated heterocycles. The van der Waals surface area contributed by atoms with Gasteiger partial charge in [-0.1, -0.05) is 26.7 Å². The molecule has 2 fully saturated rings. The van der Waals surface area contributed by atoms with Crippen LogP contribution in [0.3, 0.4) is 0 Å². The fraction of sp³-hybridized carbons (Fsp3) is 1.00. The Morgan fingerprint density at radius 1 is 1.13 bits per heavy atom. The van der Waals surface area contributed by atoms with Crippen LogP contribution in [-0.2, 0) is 9.47 Å². The van der Waals surface area contributed by atoms with Crippen molar-refractivity contribution in [1.29, 1.82) is 0 Å². The lowest BCUT2D eigenvalue weighted by Gasteiger charge is -2.44. The molecule has 1 aliphatic carbocycles. The molecule has 2 aliphatic rings. The Balaban J connectivity index is 2.00. The van der Waals surface area contributed by atoms with E-state index in [0.717, 1.165) is 5.92 Å². The van der Waals surface area contributed by atoms with Gasteiger partial charge in [-0.15, -0.1) is 0 Å². The van der Waals surface area contributed by atoms with Gasteiger partial charge in [-0.3, -0.25) is 0 Å². The second-order valence-electron chi connectivity index (χ2n) is 5.49. The molecule has 88 valence electrons. The molecule has 2 nitrogen and oxygen atoms in total. The third-order valence-electron chi connectivity index (χ3n) is 3.67. The molecule has 0 amide bonds. The zero-order valence-corrected chi connectivity index (χ0v) is 10.2. The van der Waals surface area contributed by atoms with Crippen molar-refractivity contribution in [2.45, 2.75) is 71.4 Å². The second-order valence-corrected chi connectivity index (χ2v) is 5.49. The number of fused-ring (bicyclic) bond motifs is 1. The van der Waals surface area contributed by atoms with Crippen LogP contribution in [0.2, 0.25) is 0 Å². The van der Waals surface area contributed by atoms with Crippen LogP contribution in [0.4, 0.5) is 0 Å². The maximum absolute atomic E-state index is 5.94. The summed E-state index contributed by atoms with van der Waals surface area (Å²) >= 11 is 0. The van der Waals surface area contributed by atoms with Gasteiger partial charge in [0.05, 0.1) is 12.2 Å². The minimum absolute atomic E-state index is 0.00750. The largest absolute Gasteiger partial charge is 0.349 e. The van der Waals surface area contributed by atoms with Crippen molar-refractivity contribution in [3.05, 3.63) is 0 Å². The summed E-state index contributed by atoms with van der Waals surface area (Å²) in [6, 6.07) is 0. The van der Waals surface area contributed by atoms with Crippen LogP contribution in [0.1, 0.15) is 52.9 Å². The van der Waals surface area contributed by atoms with E-state index in [1.807, 2.05) is 6.92 Å². The molecule has 0 aromatic rings. The highest BCUT2D eigenvalue weighted by atomic mass is 16.7. The first-order valence-corrected chi connectivity index (χ1v) is 6.47. The Bertz CT molecular complexity index is 201. The third kappa shape index (κ3) is 2.73. The molecule has 0 aromatic carbocycles. The van der Waals surface area contributed by atoms with E-state index in [1.165, 1.54) is 32.1 Å². The average molecular weight is 212 g/mol. The molecular weight excluding hydrogens is 188 g/mol. The van der Waals surface area contributed by atoms with Crippen LogP contribution in [0.15, 0.2) is 0 Å². The molecule has 4 unspecified atom stereocenters. The zero-order valence-electron chi connectivity index (χ0n) is 10.2. The van der Waals surface area contributed by atoms with E-state index >= 15 is 0 Å². The number of ether oxygens (including phenoxy) is 2. The normalized spacial score (nSPS) is 41.6. The summed E-state index contributed by atoms with van der Waals surface area (Å²) in [4.78, 5) is 0. The molecule has 0 N–H and O–H groups in total. The van der Waals surface area contributed by atoms with Gasteiger partial charge in [-0.2, -0.15) is 0 Å². The van der Waals surface area contributed by atoms with Crippen molar-refractivity contribution in [3.8, 4) is 0 Å². The Hall–Kier alpha value is -0.0800. The SMILES string of the molecule is CC(C)CC1OC(C)OC2CCCCC21. The smallest absolute Gasteiger partial charge is 0.155 e. The topological polar surface area (TPSA) is 18.5 Å². The Kier molecular flexibility index (Phi) is 3.68. The maximum atomic E-state index is 5.94. The first-order valence-electron chi connectivity index (χ1n) is 6.47. The lowest BCUT2D eigenvalue weighted by atomic mass is 9.79. The van der Waals surface area contributed by atoms with Crippen molar-refractivity contribution in [1.82, 2.24) is 0 Å². The van der Waals surface area contributed by atoms with Gasteiger partial charge in [0.15, 0.2) is 6.29 Å². The van der Waals surface area contributed by atoms with E-state index in [9.17, 15) is 0 Å². The minimum Gasteiger partial charge on any atom is -0.349 e. The van der Waals surface area contributed by atoms with Crippen molar-refractivity contribution in [2.24, 2.45) is 11.8 Å². The average Bonchev–Trinajstić information content (AvgIpc) is 2.16. The first-order chi connectivity index (χ1) is 7.16. The minimum atomic E-state index is 0.00750. The van der Waals surface area contributed by atoms with Crippen LogP contribution in [0, 0.1) is 11.8 Å². The van der Waals surface area contributed by atoms with E-state index < -0.39 is 0 Å². The molecule has 0 radical (unpaired) electrons. The summed E-state index contributed by atoms with van der Waals surface area (Å²) < 4.78 is 11.8. The zero-order chi connectivity index (χ0) is 10.8. The Morgan fingerprint density at radius 3 is 2.60 bits per heavy atom. The molecule has 4 atom stereocenters. The molecule has 2 heteroatoms. The molecule has 0 spiro atoms. The highest BCUT2D eigenvalue weighted by Gasteiger charge is 2.39. The molecule has 1 saturated carbocycles. The Labute approximate surface area is 93.3 Å². The molecule has 0 aromatic heterocycles. The number of hydrogen-bond acceptors (Lipinski definition) is 2. The fourth-order valence-corrected chi connectivity index (χ4v) is 3.04. The third-order valence-corrected chi connectivity index (χ3v) is 3.67. The van der Waals surface area contributed by atoms with Crippen molar-refractivity contribution in [3.63, 3.8) is 0 Å². The van der Waals surface area contributed by atoms with Gasteiger partial charge in [-0.25, -0.2) is 0 Å². The van der Waals surface area contributed by atoms with Gasteiger partial charge in [0.25, 0.3) is 0 Å². The molecule has 15 heavy (non-hydrogen) atoms. The summed E-state index contributed by atoms with van der Waals surface area (Å²) in [6.07, 6.45) is 7.36. The van der Waals surface area contributed by atoms with Crippen LogP contribution >= 0.6 is 0 Å². The maximum Gasteiger partial charge on any atom is 0.155 e. The molecule has 1 aliphatic heterocycles. The quantitative estimate of drug-likeness (QED) is 0.699. The molecular formula is C13H24O2. The van der Waals surface area contributed by atoms with Gasteiger partial charge in [0.1, 0.15) is 0 Å². The van der Waals surface area contributed by atoms with Gasteiger partial charge in [0.2, 0.25) is 0 Å². The monoisotopic (exact) mass is 212 g/mol. The summed E-state index contributed by atoms with van der Waals surface area (Å²) in [5, 5.41) is 0. The standard InChI is InChI=1S/C13H24O2/c1-9(2)8-13-11-6-4-5-7-12(11)14-10(3)15-13/h9-13H,4-8H2,1-3H3.